The van der Waals surface area contributed by atoms with Gasteiger partial charge in [0.15, 0.2) is 0 Å². The molecule has 3 atom stereocenters. The van der Waals surface area contributed by atoms with Crippen LogP contribution in [-0.2, 0) is 20.8 Å². The number of amides is 1. The van der Waals surface area contributed by atoms with E-state index < -0.39 is 0 Å². The molecule has 4 heterocycles. The smallest absolute Gasteiger partial charge is 0.222 e. The van der Waals surface area contributed by atoms with Crippen LogP contribution in [0.2, 0.25) is 0 Å². The number of carbonyl (C=O) groups is 1. The summed E-state index contributed by atoms with van der Waals surface area (Å²) in [7, 11) is 0. The number of carbonyl (C=O) groups excluding carboxylic acids is 1. The number of aromatic nitrogens is 1. The van der Waals surface area contributed by atoms with E-state index in [0.717, 1.165) is 51.1 Å². The molecule has 1 N–H and O–H groups in total. The minimum atomic E-state index is 0.0649. The van der Waals surface area contributed by atoms with E-state index in [1.807, 2.05) is 12.1 Å². The summed E-state index contributed by atoms with van der Waals surface area (Å²) in [4.78, 5) is 18.8. The highest BCUT2D eigenvalue weighted by Gasteiger charge is 2.44. The molecule has 25 heavy (non-hydrogen) atoms. The number of nitrogens with one attached hydrogen (secondary N) is 1. The molecule has 0 spiro atoms. The molecule has 136 valence electrons. The summed E-state index contributed by atoms with van der Waals surface area (Å²) in [5.41, 5.74) is 1.02. The number of nitrogens with zero attached hydrogens (tertiary/aromatic N) is 2. The molecule has 6 heteroatoms. The molecule has 0 aliphatic carbocycles. The lowest BCUT2D eigenvalue weighted by atomic mass is 10.0. The number of hydrogen-bond acceptors (Lipinski definition) is 5. The van der Waals surface area contributed by atoms with Crippen LogP contribution in [0.5, 0.6) is 0 Å². The average molecular weight is 345 g/mol. The molecule has 0 aromatic carbocycles. The van der Waals surface area contributed by atoms with Crippen molar-refractivity contribution in [3.63, 3.8) is 0 Å². The first-order valence-corrected chi connectivity index (χ1v) is 9.41. The zero-order valence-corrected chi connectivity index (χ0v) is 14.6. The van der Waals surface area contributed by atoms with Gasteiger partial charge in [-0.3, -0.25) is 14.7 Å². The second-order valence-electron chi connectivity index (χ2n) is 7.43. The monoisotopic (exact) mass is 345 g/mol. The van der Waals surface area contributed by atoms with E-state index in [4.69, 9.17) is 9.47 Å². The van der Waals surface area contributed by atoms with E-state index in [-0.39, 0.29) is 12.0 Å². The number of fused-ring (bicyclic) bond motifs is 1. The summed E-state index contributed by atoms with van der Waals surface area (Å²) in [5.74, 6) is 0.647. The molecule has 3 aliphatic rings. The third-order valence-electron chi connectivity index (χ3n) is 5.67. The van der Waals surface area contributed by atoms with E-state index in [1.165, 1.54) is 0 Å². The number of likely N-dealkylation sites (tertiary alicyclic amines) is 1. The van der Waals surface area contributed by atoms with Gasteiger partial charge < -0.3 is 14.8 Å². The topological polar surface area (TPSA) is 63.7 Å². The summed E-state index contributed by atoms with van der Waals surface area (Å²) in [5, 5.41) is 2.97. The summed E-state index contributed by atoms with van der Waals surface area (Å²) in [6.45, 7) is 4.43. The van der Waals surface area contributed by atoms with Crippen LogP contribution in [0.25, 0.3) is 0 Å². The molecule has 4 rings (SSSR count). The number of ether oxygens (including phenoxy) is 2. The molecule has 0 bridgehead atoms. The van der Waals surface area contributed by atoms with Gasteiger partial charge in [-0.1, -0.05) is 6.07 Å². The zero-order chi connectivity index (χ0) is 17.1. The van der Waals surface area contributed by atoms with Crippen LogP contribution in [-0.4, -0.2) is 60.3 Å². The van der Waals surface area contributed by atoms with Crippen molar-refractivity contribution in [2.45, 2.75) is 50.5 Å². The van der Waals surface area contributed by atoms with Gasteiger partial charge in [0.05, 0.1) is 18.6 Å². The van der Waals surface area contributed by atoms with E-state index in [2.05, 4.69) is 15.2 Å². The van der Waals surface area contributed by atoms with E-state index >= 15 is 0 Å². The van der Waals surface area contributed by atoms with Crippen molar-refractivity contribution in [2.75, 3.05) is 26.3 Å². The summed E-state index contributed by atoms with van der Waals surface area (Å²) < 4.78 is 11.6. The van der Waals surface area contributed by atoms with Crippen molar-refractivity contribution in [3.8, 4) is 0 Å². The second kappa shape index (κ2) is 7.81. The molecular formula is C19H27N3O3. The van der Waals surface area contributed by atoms with Gasteiger partial charge in [0.25, 0.3) is 0 Å². The number of pyridine rings is 1. The van der Waals surface area contributed by atoms with Gasteiger partial charge in [-0.15, -0.1) is 0 Å². The molecule has 1 amide bonds. The van der Waals surface area contributed by atoms with Gasteiger partial charge in [-0.05, 0) is 30.9 Å². The lowest BCUT2D eigenvalue weighted by Gasteiger charge is -2.31. The van der Waals surface area contributed by atoms with Crippen LogP contribution in [0.3, 0.4) is 0 Å². The second-order valence-corrected chi connectivity index (χ2v) is 7.43. The molecule has 3 saturated heterocycles. The summed E-state index contributed by atoms with van der Waals surface area (Å²) in [6, 6.07) is 4.51. The Kier molecular flexibility index (Phi) is 5.29. The maximum Gasteiger partial charge on any atom is 0.222 e. The van der Waals surface area contributed by atoms with Crippen molar-refractivity contribution in [1.29, 1.82) is 0 Å². The van der Waals surface area contributed by atoms with Crippen LogP contribution in [0, 0.1) is 5.92 Å². The average Bonchev–Trinajstić information content (AvgIpc) is 3.20. The molecule has 6 nitrogen and oxygen atoms in total. The van der Waals surface area contributed by atoms with Gasteiger partial charge in [0, 0.05) is 57.2 Å². The Hall–Kier alpha value is -1.50. The zero-order valence-electron chi connectivity index (χ0n) is 14.6. The van der Waals surface area contributed by atoms with Gasteiger partial charge in [0.1, 0.15) is 0 Å². The first-order chi connectivity index (χ1) is 12.3. The van der Waals surface area contributed by atoms with Crippen LogP contribution in [0.4, 0.5) is 0 Å². The van der Waals surface area contributed by atoms with Crippen molar-refractivity contribution in [1.82, 2.24) is 15.2 Å². The molecular weight excluding hydrogens is 318 g/mol. The third-order valence-corrected chi connectivity index (χ3v) is 5.67. The highest BCUT2D eigenvalue weighted by molar-refractivity contribution is 5.76. The SMILES string of the molecule is O=C(C[C@H]1C[C@H]2CN(C3CCOCC3)C[C@H]2O1)NCc1cccnc1. The molecule has 0 saturated carbocycles. The standard InChI is InChI=1S/C19H27N3O3/c23-19(21-11-14-2-1-5-20-10-14)9-17-8-15-12-22(13-18(15)25-17)16-3-6-24-7-4-16/h1-2,5,10,15-18H,3-4,6-9,11-13H2,(H,21,23)/t15-,17+,18+/m0/s1. The van der Waals surface area contributed by atoms with Gasteiger partial charge in [-0.25, -0.2) is 0 Å². The molecule has 0 unspecified atom stereocenters. The lowest BCUT2D eigenvalue weighted by molar-refractivity contribution is -0.124. The van der Waals surface area contributed by atoms with Gasteiger partial charge in [-0.2, -0.15) is 0 Å². The third kappa shape index (κ3) is 4.19. The van der Waals surface area contributed by atoms with Crippen molar-refractivity contribution in [2.24, 2.45) is 5.92 Å². The summed E-state index contributed by atoms with van der Waals surface area (Å²) in [6.07, 6.45) is 7.63. The Bertz CT molecular complexity index is 563. The fourth-order valence-electron chi connectivity index (χ4n) is 4.36. The minimum Gasteiger partial charge on any atom is -0.381 e. The fraction of sp³-hybridized carbons (Fsp3) is 0.684. The predicted octanol–water partition coefficient (Wildman–Crippen LogP) is 1.36. The highest BCUT2D eigenvalue weighted by Crippen LogP contribution is 2.36. The van der Waals surface area contributed by atoms with Crippen LogP contribution in [0.1, 0.15) is 31.2 Å². The van der Waals surface area contributed by atoms with Crippen LogP contribution >= 0.6 is 0 Å². The molecule has 3 fully saturated rings. The fourth-order valence-corrected chi connectivity index (χ4v) is 4.36. The molecule has 1 aromatic rings. The Morgan fingerprint density at radius 2 is 2.20 bits per heavy atom. The van der Waals surface area contributed by atoms with Crippen molar-refractivity contribution in [3.05, 3.63) is 30.1 Å². The highest BCUT2D eigenvalue weighted by atomic mass is 16.5. The lowest BCUT2D eigenvalue weighted by Crippen LogP contribution is -2.39. The van der Waals surface area contributed by atoms with Gasteiger partial charge >= 0.3 is 0 Å². The van der Waals surface area contributed by atoms with Crippen LogP contribution in [0.15, 0.2) is 24.5 Å². The normalized spacial score (nSPS) is 30.3. The van der Waals surface area contributed by atoms with Crippen molar-refractivity contribution < 1.29 is 14.3 Å². The minimum absolute atomic E-state index is 0.0649. The Balaban J connectivity index is 1.20. The van der Waals surface area contributed by atoms with E-state index in [9.17, 15) is 4.79 Å². The Morgan fingerprint density at radius 3 is 2.96 bits per heavy atom. The molecule has 3 aliphatic heterocycles. The first kappa shape index (κ1) is 16.9. The first-order valence-electron chi connectivity index (χ1n) is 9.41. The quantitative estimate of drug-likeness (QED) is 0.873. The Labute approximate surface area is 148 Å². The van der Waals surface area contributed by atoms with Crippen molar-refractivity contribution >= 4 is 5.91 Å². The largest absolute Gasteiger partial charge is 0.381 e. The van der Waals surface area contributed by atoms with Gasteiger partial charge in [0.2, 0.25) is 5.91 Å². The maximum absolute atomic E-state index is 12.2. The number of rotatable bonds is 5. The van der Waals surface area contributed by atoms with E-state index in [1.54, 1.807) is 12.4 Å². The molecule has 1 aromatic heterocycles. The predicted molar refractivity (Wildman–Crippen MR) is 92.9 cm³/mol. The summed E-state index contributed by atoms with van der Waals surface area (Å²) >= 11 is 0. The Morgan fingerprint density at radius 1 is 1.32 bits per heavy atom. The molecule has 0 radical (unpaired) electrons. The van der Waals surface area contributed by atoms with Crippen LogP contribution < -0.4 is 5.32 Å². The van der Waals surface area contributed by atoms with E-state index in [0.29, 0.717) is 31.0 Å². The maximum atomic E-state index is 12.2. The number of hydrogen-bond donors (Lipinski definition) is 1.